The Morgan fingerprint density at radius 2 is 2.31 bits per heavy atom. The molecule has 0 unspecified atom stereocenters. The van der Waals surface area contributed by atoms with Crippen LogP contribution in [-0.2, 0) is 6.42 Å². The second-order valence-electron chi connectivity index (χ2n) is 4.35. The zero-order valence-electron chi connectivity index (χ0n) is 9.39. The molecule has 0 amide bonds. The lowest BCUT2D eigenvalue weighted by molar-refractivity contribution is -0.497. The van der Waals surface area contributed by atoms with Gasteiger partial charge in [-0.1, -0.05) is 13.0 Å². The fraction of sp³-hybridized carbons (Fsp3) is 0.636. The molecular formula is C11H17NO3S. The van der Waals surface area contributed by atoms with E-state index in [0.29, 0.717) is 6.42 Å². The van der Waals surface area contributed by atoms with Crippen molar-refractivity contribution in [3.63, 3.8) is 0 Å². The van der Waals surface area contributed by atoms with Gasteiger partial charge in [0.25, 0.3) is 0 Å². The second-order valence-corrected chi connectivity index (χ2v) is 5.39. The van der Waals surface area contributed by atoms with E-state index in [-0.39, 0.29) is 18.1 Å². The summed E-state index contributed by atoms with van der Waals surface area (Å²) in [5.41, 5.74) is -0.401. The summed E-state index contributed by atoms with van der Waals surface area (Å²) < 4.78 is 0. The third-order valence-electron chi connectivity index (χ3n) is 2.78. The molecule has 1 atom stereocenters. The maximum Gasteiger partial charge on any atom is 0.209 e. The molecule has 0 aliphatic carbocycles. The van der Waals surface area contributed by atoms with E-state index in [1.54, 1.807) is 11.3 Å². The summed E-state index contributed by atoms with van der Waals surface area (Å²) in [5.74, 6) is 0. The Bertz CT molecular complexity index is 326. The SMILES string of the molecule is C[C@](CCO)(CCc1cccs1)C[N+](=O)[O-]. The molecule has 0 saturated carbocycles. The standard InChI is InChI=1S/C11H17NO3S/c1-11(6-7-13,9-12(14)15)5-4-10-3-2-8-16-10/h2-3,8,13H,4-7,9H2,1H3/t11-/m1/s1. The van der Waals surface area contributed by atoms with Crippen LogP contribution in [-0.4, -0.2) is 23.2 Å². The van der Waals surface area contributed by atoms with Crippen molar-refractivity contribution in [1.29, 1.82) is 0 Å². The highest BCUT2D eigenvalue weighted by atomic mass is 32.1. The van der Waals surface area contributed by atoms with Crippen LogP contribution < -0.4 is 0 Å². The van der Waals surface area contributed by atoms with Crippen molar-refractivity contribution < 1.29 is 10.0 Å². The summed E-state index contributed by atoms with van der Waals surface area (Å²) in [4.78, 5) is 11.5. The van der Waals surface area contributed by atoms with Gasteiger partial charge < -0.3 is 5.11 Å². The number of hydrogen-bond donors (Lipinski definition) is 1. The van der Waals surface area contributed by atoms with E-state index in [2.05, 4.69) is 0 Å². The molecule has 0 aliphatic rings. The molecule has 0 radical (unpaired) electrons. The first kappa shape index (κ1) is 13.1. The number of aliphatic hydroxyl groups excluding tert-OH is 1. The molecule has 1 N–H and O–H groups in total. The van der Waals surface area contributed by atoms with Gasteiger partial charge in [0.15, 0.2) is 0 Å². The van der Waals surface area contributed by atoms with Crippen LogP contribution in [0.5, 0.6) is 0 Å². The third-order valence-corrected chi connectivity index (χ3v) is 3.72. The van der Waals surface area contributed by atoms with Gasteiger partial charge in [-0.15, -0.1) is 11.3 Å². The Morgan fingerprint density at radius 3 is 2.81 bits per heavy atom. The maximum absolute atomic E-state index is 10.6. The highest BCUT2D eigenvalue weighted by Crippen LogP contribution is 2.28. The lowest BCUT2D eigenvalue weighted by Gasteiger charge is -2.23. The molecule has 5 heteroatoms. The van der Waals surface area contributed by atoms with Crippen LogP contribution in [0.1, 0.15) is 24.6 Å². The molecule has 0 saturated heterocycles. The number of aliphatic hydroxyl groups is 1. The van der Waals surface area contributed by atoms with Crippen molar-refractivity contribution in [1.82, 2.24) is 0 Å². The zero-order valence-corrected chi connectivity index (χ0v) is 10.2. The highest BCUT2D eigenvalue weighted by molar-refractivity contribution is 7.09. The van der Waals surface area contributed by atoms with Gasteiger partial charge in [0.1, 0.15) is 0 Å². The average Bonchev–Trinajstić information content (AvgIpc) is 2.66. The van der Waals surface area contributed by atoms with E-state index >= 15 is 0 Å². The molecule has 1 rings (SSSR count). The summed E-state index contributed by atoms with van der Waals surface area (Å²) >= 11 is 1.67. The van der Waals surface area contributed by atoms with Crippen LogP contribution in [0.3, 0.4) is 0 Å². The van der Waals surface area contributed by atoms with Crippen molar-refractivity contribution in [2.75, 3.05) is 13.2 Å². The summed E-state index contributed by atoms with van der Waals surface area (Å²) in [6, 6.07) is 4.02. The average molecular weight is 243 g/mol. The van der Waals surface area contributed by atoms with Crippen molar-refractivity contribution >= 4 is 11.3 Å². The zero-order chi connectivity index (χ0) is 12.0. The first-order valence-electron chi connectivity index (χ1n) is 5.31. The smallest absolute Gasteiger partial charge is 0.209 e. The Labute approximate surface area is 99.1 Å². The molecule has 1 heterocycles. The number of hydrogen-bond acceptors (Lipinski definition) is 4. The van der Waals surface area contributed by atoms with Crippen molar-refractivity contribution in [3.05, 3.63) is 32.5 Å². The predicted molar refractivity (Wildman–Crippen MR) is 64.3 cm³/mol. The van der Waals surface area contributed by atoms with E-state index in [9.17, 15) is 10.1 Å². The molecule has 4 nitrogen and oxygen atoms in total. The van der Waals surface area contributed by atoms with Gasteiger partial charge in [-0.25, -0.2) is 0 Å². The maximum atomic E-state index is 10.6. The molecule has 0 aliphatic heterocycles. The largest absolute Gasteiger partial charge is 0.396 e. The van der Waals surface area contributed by atoms with E-state index in [0.717, 1.165) is 12.8 Å². The molecule has 16 heavy (non-hydrogen) atoms. The molecular weight excluding hydrogens is 226 g/mol. The second kappa shape index (κ2) is 5.96. The summed E-state index contributed by atoms with van der Waals surface area (Å²) in [6.45, 7) is 1.81. The number of rotatable bonds is 7. The molecule has 0 aromatic carbocycles. The fourth-order valence-corrected chi connectivity index (χ4v) is 2.45. The number of nitro groups is 1. The van der Waals surface area contributed by atoms with Gasteiger partial charge in [0.2, 0.25) is 6.54 Å². The van der Waals surface area contributed by atoms with E-state index in [1.807, 2.05) is 24.4 Å². The molecule has 0 bridgehead atoms. The fourth-order valence-electron chi connectivity index (χ4n) is 1.74. The van der Waals surface area contributed by atoms with Crippen LogP contribution >= 0.6 is 11.3 Å². The molecule has 1 aromatic heterocycles. The number of thiophene rings is 1. The first-order chi connectivity index (χ1) is 7.56. The number of nitrogens with zero attached hydrogens (tertiary/aromatic N) is 1. The van der Waals surface area contributed by atoms with Gasteiger partial charge in [0.05, 0.1) is 0 Å². The first-order valence-corrected chi connectivity index (χ1v) is 6.19. The van der Waals surface area contributed by atoms with Crippen molar-refractivity contribution in [2.24, 2.45) is 5.41 Å². The predicted octanol–water partition coefficient (Wildman–Crippen LogP) is 2.35. The monoisotopic (exact) mass is 243 g/mol. The van der Waals surface area contributed by atoms with Crippen LogP contribution in [0.15, 0.2) is 17.5 Å². The van der Waals surface area contributed by atoms with Gasteiger partial charge in [-0.05, 0) is 30.7 Å². The van der Waals surface area contributed by atoms with Gasteiger partial charge in [-0.3, -0.25) is 10.1 Å². The highest BCUT2D eigenvalue weighted by Gasteiger charge is 2.29. The van der Waals surface area contributed by atoms with Crippen LogP contribution in [0, 0.1) is 15.5 Å². The molecule has 0 fully saturated rings. The Kier molecular flexibility index (Phi) is 4.89. The minimum absolute atomic E-state index is 0.00871. The van der Waals surface area contributed by atoms with E-state index in [1.165, 1.54) is 4.88 Å². The van der Waals surface area contributed by atoms with Gasteiger partial charge in [-0.2, -0.15) is 0 Å². The van der Waals surface area contributed by atoms with E-state index < -0.39 is 5.41 Å². The Hall–Kier alpha value is -0.940. The van der Waals surface area contributed by atoms with Crippen molar-refractivity contribution in [2.45, 2.75) is 26.2 Å². The van der Waals surface area contributed by atoms with Crippen LogP contribution in [0.2, 0.25) is 0 Å². The van der Waals surface area contributed by atoms with Gasteiger partial charge >= 0.3 is 0 Å². The molecule has 1 aromatic rings. The molecule has 0 spiro atoms. The minimum Gasteiger partial charge on any atom is -0.396 e. The summed E-state index contributed by atoms with van der Waals surface area (Å²) in [5, 5.41) is 21.5. The normalized spacial score (nSPS) is 14.6. The topological polar surface area (TPSA) is 63.4 Å². The lowest BCUT2D eigenvalue weighted by Crippen LogP contribution is -2.28. The quantitative estimate of drug-likeness (QED) is 0.590. The van der Waals surface area contributed by atoms with Crippen LogP contribution in [0.25, 0.3) is 0 Å². The van der Waals surface area contributed by atoms with Crippen molar-refractivity contribution in [3.8, 4) is 0 Å². The molecule has 90 valence electrons. The lowest BCUT2D eigenvalue weighted by atomic mass is 9.82. The summed E-state index contributed by atoms with van der Waals surface area (Å²) in [7, 11) is 0. The Balaban J connectivity index is 2.53. The Morgan fingerprint density at radius 1 is 1.56 bits per heavy atom. The minimum atomic E-state index is -0.401. The van der Waals surface area contributed by atoms with Crippen LogP contribution in [0.4, 0.5) is 0 Å². The van der Waals surface area contributed by atoms with Gasteiger partial charge in [0, 0.05) is 21.8 Å². The number of aryl methyl sites for hydroxylation is 1. The summed E-state index contributed by atoms with van der Waals surface area (Å²) in [6.07, 6.45) is 2.08. The third kappa shape index (κ3) is 4.28. The van der Waals surface area contributed by atoms with E-state index in [4.69, 9.17) is 5.11 Å².